The second-order valence-corrected chi connectivity index (χ2v) is 5.11. The smallest absolute Gasteiger partial charge is 0.258 e. The van der Waals surface area contributed by atoms with Crippen molar-refractivity contribution in [2.45, 2.75) is 0 Å². The largest absolute Gasteiger partial charge is 0.496 e. The SMILES string of the molecule is COc1cc(=O)n(-c2ccc(OCF)cc2)cc1-c1cnn(C)c1. The normalized spacial score (nSPS) is 10.6. The van der Waals surface area contributed by atoms with E-state index in [2.05, 4.69) is 5.10 Å². The van der Waals surface area contributed by atoms with Crippen LogP contribution in [0.1, 0.15) is 0 Å². The van der Waals surface area contributed by atoms with Gasteiger partial charge in [-0.1, -0.05) is 0 Å². The number of pyridine rings is 1. The van der Waals surface area contributed by atoms with E-state index in [9.17, 15) is 9.18 Å². The highest BCUT2D eigenvalue weighted by Crippen LogP contribution is 2.28. The second kappa shape index (κ2) is 6.57. The molecule has 0 spiro atoms. The van der Waals surface area contributed by atoms with Crippen LogP contribution in [0.25, 0.3) is 16.8 Å². The summed E-state index contributed by atoms with van der Waals surface area (Å²) in [4.78, 5) is 12.4. The summed E-state index contributed by atoms with van der Waals surface area (Å²) in [6, 6.07) is 8.01. The monoisotopic (exact) mass is 329 g/mol. The Morgan fingerprint density at radius 2 is 1.96 bits per heavy atom. The molecule has 1 aromatic carbocycles. The van der Waals surface area contributed by atoms with Crippen LogP contribution in [0, 0.1) is 0 Å². The van der Waals surface area contributed by atoms with Gasteiger partial charge in [0.25, 0.3) is 5.56 Å². The van der Waals surface area contributed by atoms with Crippen LogP contribution >= 0.6 is 0 Å². The number of alkyl halides is 1. The molecule has 3 aromatic rings. The summed E-state index contributed by atoms with van der Waals surface area (Å²) in [5.74, 6) is 0.872. The number of halogens is 1. The van der Waals surface area contributed by atoms with Gasteiger partial charge in [0.15, 0.2) is 0 Å². The Morgan fingerprint density at radius 1 is 1.21 bits per heavy atom. The fourth-order valence-corrected chi connectivity index (χ4v) is 2.43. The number of benzene rings is 1. The molecule has 0 aliphatic heterocycles. The van der Waals surface area contributed by atoms with Crippen molar-refractivity contribution in [3.05, 3.63) is 59.3 Å². The van der Waals surface area contributed by atoms with Crippen molar-refractivity contribution in [2.75, 3.05) is 14.0 Å². The van der Waals surface area contributed by atoms with Gasteiger partial charge in [-0.05, 0) is 24.3 Å². The van der Waals surface area contributed by atoms with Crippen LogP contribution < -0.4 is 15.0 Å². The minimum absolute atomic E-state index is 0.237. The van der Waals surface area contributed by atoms with Crippen molar-refractivity contribution in [3.8, 4) is 28.3 Å². The maximum atomic E-state index is 12.4. The minimum Gasteiger partial charge on any atom is -0.496 e. The summed E-state index contributed by atoms with van der Waals surface area (Å²) in [7, 11) is 3.33. The first-order valence-corrected chi connectivity index (χ1v) is 7.21. The quantitative estimate of drug-likeness (QED) is 0.722. The van der Waals surface area contributed by atoms with Gasteiger partial charge in [0.2, 0.25) is 6.86 Å². The molecule has 0 fully saturated rings. The van der Waals surface area contributed by atoms with Crippen LogP contribution in [0.3, 0.4) is 0 Å². The van der Waals surface area contributed by atoms with Crippen LogP contribution in [0.15, 0.2) is 53.7 Å². The lowest BCUT2D eigenvalue weighted by Gasteiger charge is -2.12. The molecule has 0 saturated heterocycles. The lowest BCUT2D eigenvalue weighted by Crippen LogP contribution is -2.17. The van der Waals surface area contributed by atoms with E-state index in [1.54, 1.807) is 41.3 Å². The minimum atomic E-state index is -0.896. The predicted molar refractivity (Wildman–Crippen MR) is 87.4 cm³/mol. The van der Waals surface area contributed by atoms with Gasteiger partial charge in [0.05, 0.1) is 13.3 Å². The van der Waals surface area contributed by atoms with E-state index in [-0.39, 0.29) is 5.56 Å². The summed E-state index contributed by atoms with van der Waals surface area (Å²) in [5, 5.41) is 4.15. The Kier molecular flexibility index (Phi) is 4.33. The molecule has 3 rings (SSSR count). The van der Waals surface area contributed by atoms with E-state index in [0.29, 0.717) is 17.2 Å². The number of methoxy groups -OCH3 is 1. The molecule has 0 atom stereocenters. The summed E-state index contributed by atoms with van der Waals surface area (Å²) in [5.41, 5.74) is 1.98. The zero-order chi connectivity index (χ0) is 17.1. The van der Waals surface area contributed by atoms with Crippen LogP contribution in [-0.2, 0) is 7.05 Å². The highest BCUT2D eigenvalue weighted by Gasteiger charge is 2.12. The Hall–Kier alpha value is -3.09. The first kappa shape index (κ1) is 15.8. The maximum Gasteiger partial charge on any atom is 0.258 e. The molecule has 0 saturated carbocycles. The predicted octanol–water partition coefficient (Wildman–Crippen LogP) is 2.55. The second-order valence-electron chi connectivity index (χ2n) is 5.11. The third-order valence-electron chi connectivity index (χ3n) is 3.59. The van der Waals surface area contributed by atoms with Gasteiger partial charge in [-0.2, -0.15) is 5.10 Å². The van der Waals surface area contributed by atoms with Crippen LogP contribution in [0.5, 0.6) is 11.5 Å². The van der Waals surface area contributed by atoms with Gasteiger partial charge in [-0.25, -0.2) is 4.39 Å². The van der Waals surface area contributed by atoms with E-state index in [1.807, 2.05) is 13.2 Å². The summed E-state index contributed by atoms with van der Waals surface area (Å²) < 4.78 is 25.5. The van der Waals surface area contributed by atoms with Crippen molar-refractivity contribution in [1.29, 1.82) is 0 Å². The zero-order valence-electron chi connectivity index (χ0n) is 13.3. The zero-order valence-corrected chi connectivity index (χ0v) is 13.3. The van der Waals surface area contributed by atoms with E-state index >= 15 is 0 Å². The average Bonchev–Trinajstić information content (AvgIpc) is 3.02. The molecule has 7 heteroatoms. The Morgan fingerprint density at radius 3 is 2.54 bits per heavy atom. The third kappa shape index (κ3) is 3.01. The molecule has 0 radical (unpaired) electrons. The van der Waals surface area contributed by atoms with Gasteiger partial charge >= 0.3 is 0 Å². The maximum absolute atomic E-state index is 12.4. The number of aromatic nitrogens is 3. The highest BCUT2D eigenvalue weighted by atomic mass is 19.1. The molecular formula is C17H16FN3O3. The van der Waals surface area contributed by atoms with Crippen LogP contribution in [0.4, 0.5) is 4.39 Å². The van der Waals surface area contributed by atoms with Crippen molar-refractivity contribution in [2.24, 2.45) is 7.05 Å². The van der Waals surface area contributed by atoms with Gasteiger partial charge in [0, 0.05) is 42.3 Å². The fourth-order valence-electron chi connectivity index (χ4n) is 2.43. The molecular weight excluding hydrogens is 313 g/mol. The topological polar surface area (TPSA) is 58.3 Å². The number of hydrogen-bond donors (Lipinski definition) is 0. The van der Waals surface area contributed by atoms with Gasteiger partial charge in [-0.15, -0.1) is 0 Å². The Balaban J connectivity index is 2.09. The number of hydrogen-bond acceptors (Lipinski definition) is 4. The van der Waals surface area contributed by atoms with Gasteiger partial charge < -0.3 is 9.47 Å². The molecule has 2 heterocycles. The molecule has 0 amide bonds. The third-order valence-corrected chi connectivity index (χ3v) is 3.59. The summed E-state index contributed by atoms with van der Waals surface area (Å²) in [6.07, 6.45) is 5.24. The molecule has 124 valence electrons. The first-order chi connectivity index (χ1) is 11.6. The van der Waals surface area contributed by atoms with E-state index < -0.39 is 6.86 Å². The first-order valence-electron chi connectivity index (χ1n) is 7.21. The van der Waals surface area contributed by atoms with Gasteiger partial charge in [-0.3, -0.25) is 14.0 Å². The molecule has 0 unspecified atom stereocenters. The average molecular weight is 329 g/mol. The van der Waals surface area contributed by atoms with Crippen molar-refractivity contribution >= 4 is 0 Å². The number of ether oxygens (including phenoxy) is 2. The van der Waals surface area contributed by atoms with Crippen molar-refractivity contribution in [1.82, 2.24) is 14.3 Å². The van der Waals surface area contributed by atoms with Crippen molar-refractivity contribution in [3.63, 3.8) is 0 Å². The Bertz CT molecular complexity index is 900. The summed E-state index contributed by atoms with van der Waals surface area (Å²) in [6.45, 7) is -0.896. The van der Waals surface area contributed by atoms with E-state index in [0.717, 1.165) is 11.1 Å². The lowest BCUT2D eigenvalue weighted by molar-refractivity contribution is 0.192. The number of aryl methyl sites for hydroxylation is 1. The fraction of sp³-hybridized carbons (Fsp3) is 0.176. The molecule has 24 heavy (non-hydrogen) atoms. The number of rotatable bonds is 5. The van der Waals surface area contributed by atoms with E-state index in [4.69, 9.17) is 9.47 Å². The summed E-state index contributed by atoms with van der Waals surface area (Å²) >= 11 is 0. The molecule has 0 aliphatic carbocycles. The standard InChI is InChI=1S/C17H16FN3O3/c1-20-9-12(8-19-20)15-10-21(17(22)7-16(15)23-2)13-3-5-14(6-4-13)24-11-18/h3-10H,11H2,1-2H3. The highest BCUT2D eigenvalue weighted by molar-refractivity contribution is 5.68. The van der Waals surface area contributed by atoms with E-state index in [1.165, 1.54) is 17.7 Å². The molecule has 2 aromatic heterocycles. The van der Waals surface area contributed by atoms with Crippen LogP contribution in [0.2, 0.25) is 0 Å². The molecule has 0 aliphatic rings. The molecule has 0 N–H and O–H groups in total. The molecule has 0 bridgehead atoms. The lowest BCUT2D eigenvalue weighted by atomic mass is 10.1. The van der Waals surface area contributed by atoms with Crippen molar-refractivity contribution < 1.29 is 13.9 Å². The Labute approximate surface area is 137 Å². The number of nitrogens with zero attached hydrogens (tertiary/aromatic N) is 3. The molecule has 6 nitrogen and oxygen atoms in total. The van der Waals surface area contributed by atoms with Crippen LogP contribution in [-0.4, -0.2) is 28.3 Å². The van der Waals surface area contributed by atoms with Gasteiger partial charge in [0.1, 0.15) is 11.5 Å².